The summed E-state index contributed by atoms with van der Waals surface area (Å²) in [4.78, 5) is 0. The van der Waals surface area contributed by atoms with E-state index in [4.69, 9.17) is 5.11 Å². The van der Waals surface area contributed by atoms with Gasteiger partial charge < -0.3 is 5.11 Å². The zero-order valence-electron chi connectivity index (χ0n) is 9.53. The van der Waals surface area contributed by atoms with Gasteiger partial charge in [0.2, 0.25) is 0 Å². The normalized spacial score (nSPS) is 25.6. The third-order valence-corrected chi connectivity index (χ3v) is 3.70. The highest BCUT2D eigenvalue weighted by Crippen LogP contribution is 2.37. The maximum Gasteiger partial charge on any atom is 0.0928 e. The van der Waals surface area contributed by atoms with E-state index in [1.807, 2.05) is 24.3 Å². The van der Waals surface area contributed by atoms with E-state index in [0.717, 1.165) is 18.4 Å². The van der Waals surface area contributed by atoms with Crippen molar-refractivity contribution >= 4 is 0 Å². The molecule has 0 radical (unpaired) electrons. The van der Waals surface area contributed by atoms with Crippen molar-refractivity contribution in [3.63, 3.8) is 0 Å². The molecule has 2 heteroatoms. The lowest BCUT2D eigenvalue weighted by atomic mass is 9.76. The molecule has 0 amide bonds. The van der Waals surface area contributed by atoms with Crippen molar-refractivity contribution in [1.29, 1.82) is 0 Å². The standard InChI is InChI=1S/C14H19FO/c15-9-13-3-1-2-4-14(13)12-7-5-11(10-16)6-8-12/h5-8,13-14,16H,1-4,9-10H2. The van der Waals surface area contributed by atoms with E-state index in [1.165, 1.54) is 18.4 Å². The Morgan fingerprint density at radius 3 is 2.44 bits per heavy atom. The van der Waals surface area contributed by atoms with Crippen LogP contribution in [0.25, 0.3) is 0 Å². The Morgan fingerprint density at radius 1 is 1.12 bits per heavy atom. The fourth-order valence-electron chi connectivity index (χ4n) is 2.70. The Hall–Kier alpha value is -0.890. The van der Waals surface area contributed by atoms with Crippen LogP contribution in [-0.4, -0.2) is 11.8 Å². The molecule has 1 aliphatic carbocycles. The van der Waals surface area contributed by atoms with Gasteiger partial charge in [0.1, 0.15) is 0 Å². The molecule has 1 aromatic carbocycles. The first-order valence-electron chi connectivity index (χ1n) is 6.11. The smallest absolute Gasteiger partial charge is 0.0928 e. The molecule has 2 unspecified atom stereocenters. The molecule has 88 valence electrons. The minimum Gasteiger partial charge on any atom is -0.392 e. The van der Waals surface area contributed by atoms with Gasteiger partial charge in [-0.3, -0.25) is 4.39 Å². The Balaban J connectivity index is 2.14. The number of hydrogen-bond acceptors (Lipinski definition) is 1. The van der Waals surface area contributed by atoms with Crippen LogP contribution in [0.4, 0.5) is 4.39 Å². The summed E-state index contributed by atoms with van der Waals surface area (Å²) in [5, 5.41) is 8.98. The van der Waals surface area contributed by atoms with Crippen molar-refractivity contribution in [2.24, 2.45) is 5.92 Å². The van der Waals surface area contributed by atoms with Crippen molar-refractivity contribution in [2.75, 3.05) is 6.67 Å². The summed E-state index contributed by atoms with van der Waals surface area (Å²) in [5.74, 6) is 0.584. The van der Waals surface area contributed by atoms with E-state index < -0.39 is 0 Å². The van der Waals surface area contributed by atoms with Crippen LogP contribution < -0.4 is 0 Å². The van der Waals surface area contributed by atoms with Crippen molar-refractivity contribution in [3.05, 3.63) is 35.4 Å². The van der Waals surface area contributed by atoms with Crippen molar-refractivity contribution in [1.82, 2.24) is 0 Å². The van der Waals surface area contributed by atoms with Crippen molar-refractivity contribution in [3.8, 4) is 0 Å². The van der Waals surface area contributed by atoms with Crippen LogP contribution in [0.3, 0.4) is 0 Å². The Morgan fingerprint density at radius 2 is 1.81 bits per heavy atom. The van der Waals surface area contributed by atoms with E-state index in [9.17, 15) is 4.39 Å². The van der Waals surface area contributed by atoms with Crippen LogP contribution in [0.1, 0.15) is 42.7 Å². The van der Waals surface area contributed by atoms with Crippen molar-refractivity contribution < 1.29 is 9.50 Å². The lowest BCUT2D eigenvalue weighted by molar-refractivity contribution is 0.245. The van der Waals surface area contributed by atoms with Gasteiger partial charge in [0.15, 0.2) is 0 Å². The Kier molecular flexibility index (Phi) is 3.94. The van der Waals surface area contributed by atoms with Gasteiger partial charge in [-0.25, -0.2) is 0 Å². The van der Waals surface area contributed by atoms with E-state index >= 15 is 0 Å². The number of rotatable bonds is 3. The maximum atomic E-state index is 12.9. The predicted octanol–water partition coefficient (Wildman–Crippen LogP) is 3.42. The minimum absolute atomic E-state index is 0.0808. The van der Waals surface area contributed by atoms with Gasteiger partial charge in [-0.15, -0.1) is 0 Å². The third-order valence-electron chi connectivity index (χ3n) is 3.70. The second-order valence-electron chi connectivity index (χ2n) is 4.71. The molecular formula is C14H19FO. The minimum atomic E-state index is -0.202. The molecule has 1 saturated carbocycles. The number of halogens is 1. The lowest BCUT2D eigenvalue weighted by Crippen LogP contribution is -2.19. The van der Waals surface area contributed by atoms with Crippen LogP contribution in [-0.2, 0) is 6.61 Å². The first-order chi connectivity index (χ1) is 7.85. The summed E-state index contributed by atoms with van der Waals surface area (Å²) < 4.78 is 12.9. The third kappa shape index (κ3) is 2.43. The maximum absolute atomic E-state index is 12.9. The van der Waals surface area contributed by atoms with Gasteiger partial charge in [0.05, 0.1) is 13.3 Å². The highest BCUT2D eigenvalue weighted by molar-refractivity contribution is 5.26. The van der Waals surface area contributed by atoms with E-state index in [1.54, 1.807) is 0 Å². The fraction of sp³-hybridized carbons (Fsp3) is 0.571. The summed E-state index contributed by atoms with van der Waals surface area (Å²) >= 11 is 0. The second kappa shape index (κ2) is 5.44. The van der Waals surface area contributed by atoms with Gasteiger partial charge in [-0.05, 0) is 35.8 Å². The fourth-order valence-corrected chi connectivity index (χ4v) is 2.70. The molecule has 0 heterocycles. The molecule has 0 aliphatic heterocycles. The first kappa shape index (κ1) is 11.6. The van der Waals surface area contributed by atoms with Gasteiger partial charge in [-0.1, -0.05) is 37.1 Å². The van der Waals surface area contributed by atoms with Crippen LogP contribution in [0.2, 0.25) is 0 Å². The quantitative estimate of drug-likeness (QED) is 0.830. The van der Waals surface area contributed by atoms with E-state index in [-0.39, 0.29) is 19.2 Å². The molecule has 0 aromatic heterocycles. The summed E-state index contributed by atoms with van der Waals surface area (Å²) in [5.41, 5.74) is 2.16. The SMILES string of the molecule is OCc1ccc(C2CCCCC2CF)cc1. The summed E-state index contributed by atoms with van der Waals surface area (Å²) in [6.07, 6.45) is 4.50. The highest BCUT2D eigenvalue weighted by Gasteiger charge is 2.26. The van der Waals surface area contributed by atoms with Crippen molar-refractivity contribution in [2.45, 2.75) is 38.2 Å². The van der Waals surface area contributed by atoms with Crippen LogP contribution >= 0.6 is 0 Å². The van der Waals surface area contributed by atoms with E-state index in [0.29, 0.717) is 5.92 Å². The largest absolute Gasteiger partial charge is 0.392 e. The second-order valence-corrected chi connectivity index (χ2v) is 4.71. The number of alkyl halides is 1. The number of aliphatic hydroxyl groups excluding tert-OH is 1. The summed E-state index contributed by atoms with van der Waals surface area (Å²) in [6.45, 7) is -0.121. The number of hydrogen-bond donors (Lipinski definition) is 1. The average Bonchev–Trinajstić information content (AvgIpc) is 2.39. The highest BCUT2D eigenvalue weighted by atomic mass is 19.1. The number of benzene rings is 1. The molecule has 1 nitrogen and oxygen atoms in total. The first-order valence-corrected chi connectivity index (χ1v) is 6.11. The Labute approximate surface area is 96.3 Å². The molecule has 0 spiro atoms. The van der Waals surface area contributed by atoms with Crippen LogP contribution in [0.15, 0.2) is 24.3 Å². The predicted molar refractivity (Wildman–Crippen MR) is 63.0 cm³/mol. The molecule has 1 N–H and O–H groups in total. The van der Waals surface area contributed by atoms with Gasteiger partial charge >= 0.3 is 0 Å². The monoisotopic (exact) mass is 222 g/mol. The van der Waals surface area contributed by atoms with Crippen LogP contribution in [0, 0.1) is 5.92 Å². The van der Waals surface area contributed by atoms with Gasteiger partial charge in [0.25, 0.3) is 0 Å². The average molecular weight is 222 g/mol. The number of aliphatic hydroxyl groups is 1. The lowest BCUT2D eigenvalue weighted by Gasteiger charge is -2.30. The summed E-state index contributed by atoms with van der Waals surface area (Å²) in [7, 11) is 0. The zero-order valence-corrected chi connectivity index (χ0v) is 9.53. The molecular weight excluding hydrogens is 203 g/mol. The van der Waals surface area contributed by atoms with Crippen LogP contribution in [0.5, 0.6) is 0 Å². The Bertz CT molecular complexity index is 320. The zero-order chi connectivity index (χ0) is 11.4. The molecule has 1 aromatic rings. The molecule has 2 rings (SSSR count). The molecule has 0 saturated heterocycles. The molecule has 2 atom stereocenters. The molecule has 1 fully saturated rings. The van der Waals surface area contributed by atoms with Gasteiger partial charge in [-0.2, -0.15) is 0 Å². The van der Waals surface area contributed by atoms with Gasteiger partial charge in [0, 0.05) is 0 Å². The van der Waals surface area contributed by atoms with E-state index in [2.05, 4.69) is 0 Å². The molecule has 1 aliphatic rings. The molecule has 16 heavy (non-hydrogen) atoms. The molecule has 0 bridgehead atoms. The summed E-state index contributed by atoms with van der Waals surface area (Å²) in [6, 6.07) is 7.98. The topological polar surface area (TPSA) is 20.2 Å².